The number of carbonyl (C=O) groups is 3. The molecule has 0 radical (unpaired) electrons. The maximum atomic E-state index is 14.1. The minimum atomic E-state index is -1.80. The van der Waals surface area contributed by atoms with Gasteiger partial charge in [0, 0.05) is 52.6 Å². The second kappa shape index (κ2) is 26.1. The van der Waals surface area contributed by atoms with Crippen LogP contribution >= 0.6 is 0 Å². The molecule has 0 aromatic rings. The van der Waals surface area contributed by atoms with Crippen molar-refractivity contribution >= 4 is 17.5 Å². The second-order valence-electron chi connectivity index (χ2n) is 20.2. The highest BCUT2D eigenvalue weighted by atomic mass is 16.6. The zero-order valence-corrected chi connectivity index (χ0v) is 40.9. The summed E-state index contributed by atoms with van der Waals surface area (Å²) in [5.74, 6) is -3.21. The standard InChI is InChI=1S/C52H85NO11/c1-33-16-12-11-13-17-35(3)46(60-8)29-42-21-19-39(7)52(59,64-42)31-45(56)51(58)53-23-15-14-18-41(53)32-63-47(37(5)27-40-20-22-43(54)48(28-40)61-9)30-44(55)36(4)26-38(6)50(57)49(62-10)25-34(2)24-33/h11-13,16-17,26,33-34,36-37,39-43,46-50,54,57,59H,14-15,18-25,27-32H2,1-10H3/b13-11+,16-12+,35-17?,38-26+/t33-,34-,36-,37-,39-,40+,41+,42?,43-,46+,47+,48-,49+,50-,52+/m1/s1. The number of hydrogen-bond acceptors (Lipinski definition) is 11. The van der Waals surface area contributed by atoms with E-state index in [2.05, 4.69) is 26.8 Å². The quantitative estimate of drug-likeness (QED) is 0.176. The van der Waals surface area contributed by atoms with E-state index in [0.29, 0.717) is 50.6 Å². The Morgan fingerprint density at radius 2 is 1.58 bits per heavy atom. The molecular weight excluding hydrogens is 815 g/mol. The van der Waals surface area contributed by atoms with Gasteiger partial charge in [0.2, 0.25) is 5.78 Å². The number of ketones is 2. The number of piperidine rings is 1. The smallest absolute Gasteiger partial charge is 0.290 e. The summed E-state index contributed by atoms with van der Waals surface area (Å²) in [4.78, 5) is 43.7. The molecule has 3 fully saturated rings. The number of rotatable bonds is 6. The predicted octanol–water partition coefficient (Wildman–Crippen LogP) is 7.87. The van der Waals surface area contributed by atoms with Crippen LogP contribution in [0.5, 0.6) is 0 Å². The number of fused-ring (bicyclic) bond motifs is 3. The molecule has 4 rings (SSSR count). The fourth-order valence-corrected chi connectivity index (χ4v) is 10.6. The van der Waals surface area contributed by atoms with Crippen molar-refractivity contribution in [1.29, 1.82) is 0 Å². The van der Waals surface area contributed by atoms with E-state index < -0.39 is 54.2 Å². The van der Waals surface area contributed by atoms with Gasteiger partial charge in [-0.05, 0) is 119 Å². The number of amides is 1. The number of allylic oxidation sites excluding steroid dienone is 6. The van der Waals surface area contributed by atoms with E-state index in [4.69, 9.17) is 23.7 Å². The molecule has 12 heteroatoms. The highest BCUT2D eigenvalue weighted by Gasteiger charge is 2.46. The van der Waals surface area contributed by atoms with Gasteiger partial charge < -0.3 is 43.9 Å². The van der Waals surface area contributed by atoms with Gasteiger partial charge in [-0.2, -0.15) is 0 Å². The molecule has 64 heavy (non-hydrogen) atoms. The van der Waals surface area contributed by atoms with Gasteiger partial charge in [0.15, 0.2) is 5.79 Å². The summed E-state index contributed by atoms with van der Waals surface area (Å²) in [5.41, 5.74) is 1.68. The molecule has 2 bridgehead atoms. The third kappa shape index (κ3) is 15.8. The maximum Gasteiger partial charge on any atom is 0.290 e. The normalized spacial score (nSPS) is 40.3. The largest absolute Gasteiger partial charge is 0.390 e. The minimum Gasteiger partial charge on any atom is -0.390 e. The minimum absolute atomic E-state index is 0.0173. The molecule has 0 aromatic carbocycles. The Balaban J connectivity index is 1.62. The van der Waals surface area contributed by atoms with Crippen LogP contribution in [0, 0.1) is 35.5 Å². The average Bonchev–Trinajstić information content (AvgIpc) is 3.26. The zero-order chi connectivity index (χ0) is 47.1. The number of ether oxygens (including phenoxy) is 5. The number of hydrogen-bond donors (Lipinski definition) is 3. The number of carbonyl (C=O) groups excluding carboxylic acids is 3. The van der Waals surface area contributed by atoms with Crippen molar-refractivity contribution < 1.29 is 53.4 Å². The van der Waals surface area contributed by atoms with Gasteiger partial charge in [0.1, 0.15) is 11.9 Å². The van der Waals surface area contributed by atoms with E-state index in [1.54, 1.807) is 26.2 Å². The van der Waals surface area contributed by atoms with E-state index in [9.17, 15) is 29.7 Å². The van der Waals surface area contributed by atoms with Crippen molar-refractivity contribution in [3.63, 3.8) is 0 Å². The number of nitrogens with zero attached hydrogens (tertiary/aromatic N) is 1. The van der Waals surface area contributed by atoms with Gasteiger partial charge in [0.25, 0.3) is 5.91 Å². The Kier molecular flexibility index (Phi) is 22.1. The predicted molar refractivity (Wildman–Crippen MR) is 249 cm³/mol. The number of aliphatic hydroxyl groups excluding tert-OH is 2. The topological polar surface area (TPSA) is 161 Å². The van der Waals surface area contributed by atoms with Gasteiger partial charge in [-0.15, -0.1) is 0 Å². The monoisotopic (exact) mass is 900 g/mol. The third-order valence-electron chi connectivity index (χ3n) is 14.9. The molecule has 15 atom stereocenters. The summed E-state index contributed by atoms with van der Waals surface area (Å²) in [6.45, 7) is 14.6. The molecule has 3 heterocycles. The first kappa shape index (κ1) is 54.1. The summed E-state index contributed by atoms with van der Waals surface area (Å²) in [7, 11) is 4.91. The van der Waals surface area contributed by atoms with Crippen LogP contribution in [-0.2, 0) is 38.1 Å². The summed E-state index contributed by atoms with van der Waals surface area (Å²) in [6, 6.07) is -0.377. The lowest BCUT2D eigenvalue weighted by atomic mass is 9.78. The molecule has 1 saturated carbocycles. The lowest BCUT2D eigenvalue weighted by Crippen LogP contribution is -2.53. The van der Waals surface area contributed by atoms with Crippen molar-refractivity contribution in [1.82, 2.24) is 4.90 Å². The first-order valence-electron chi connectivity index (χ1n) is 24.4. The summed E-state index contributed by atoms with van der Waals surface area (Å²) < 4.78 is 30.4. The van der Waals surface area contributed by atoms with Crippen molar-refractivity contribution in [3.05, 3.63) is 47.6 Å². The van der Waals surface area contributed by atoms with E-state index in [1.165, 1.54) is 0 Å². The van der Waals surface area contributed by atoms with Crippen molar-refractivity contribution in [3.8, 4) is 0 Å². The highest BCUT2D eigenvalue weighted by Crippen LogP contribution is 2.38. The Bertz CT molecular complexity index is 1610. The number of aliphatic hydroxyl groups is 3. The first-order valence-corrected chi connectivity index (χ1v) is 24.4. The van der Waals surface area contributed by atoms with Crippen LogP contribution in [-0.4, -0.2) is 127 Å². The fourth-order valence-electron chi connectivity index (χ4n) is 10.6. The molecule has 364 valence electrons. The van der Waals surface area contributed by atoms with Crippen LogP contribution in [0.25, 0.3) is 0 Å². The van der Waals surface area contributed by atoms with E-state index in [-0.39, 0.29) is 72.8 Å². The van der Waals surface area contributed by atoms with Crippen molar-refractivity contribution in [2.75, 3.05) is 34.5 Å². The Labute approximate surface area is 385 Å². The second-order valence-corrected chi connectivity index (χ2v) is 20.2. The van der Waals surface area contributed by atoms with Crippen LogP contribution in [0.1, 0.15) is 138 Å². The molecular formula is C52H85NO11. The van der Waals surface area contributed by atoms with Crippen LogP contribution in [0.2, 0.25) is 0 Å². The Morgan fingerprint density at radius 1 is 0.844 bits per heavy atom. The maximum absolute atomic E-state index is 14.1. The first-order chi connectivity index (χ1) is 30.4. The van der Waals surface area contributed by atoms with E-state index in [0.717, 1.165) is 44.1 Å². The van der Waals surface area contributed by atoms with E-state index >= 15 is 0 Å². The average molecular weight is 900 g/mol. The van der Waals surface area contributed by atoms with Gasteiger partial charge in [-0.3, -0.25) is 14.4 Å². The van der Waals surface area contributed by atoms with Crippen LogP contribution < -0.4 is 0 Å². The Hall–Kier alpha value is -2.55. The molecule has 1 unspecified atom stereocenters. The highest BCUT2D eigenvalue weighted by molar-refractivity contribution is 6.36. The summed E-state index contributed by atoms with van der Waals surface area (Å²) in [5, 5.41) is 33.9. The molecule has 3 aliphatic heterocycles. The molecule has 1 aliphatic carbocycles. The number of methoxy groups -OCH3 is 3. The van der Waals surface area contributed by atoms with Gasteiger partial charge in [-0.1, -0.05) is 71.1 Å². The molecule has 12 nitrogen and oxygen atoms in total. The lowest BCUT2D eigenvalue weighted by molar-refractivity contribution is -0.282. The Morgan fingerprint density at radius 3 is 2.28 bits per heavy atom. The van der Waals surface area contributed by atoms with Gasteiger partial charge >= 0.3 is 0 Å². The molecule has 2 saturated heterocycles. The fraction of sp³-hybridized carbons (Fsp3) is 0.788. The van der Waals surface area contributed by atoms with Crippen LogP contribution in [0.15, 0.2) is 47.6 Å². The van der Waals surface area contributed by atoms with Gasteiger partial charge in [-0.25, -0.2) is 0 Å². The van der Waals surface area contributed by atoms with E-state index in [1.807, 2.05) is 58.1 Å². The molecule has 4 aliphatic rings. The summed E-state index contributed by atoms with van der Waals surface area (Å²) >= 11 is 0. The van der Waals surface area contributed by atoms with Crippen LogP contribution in [0.3, 0.4) is 0 Å². The van der Waals surface area contributed by atoms with Gasteiger partial charge in [0.05, 0.1) is 55.7 Å². The molecule has 3 N–H and O–H groups in total. The molecule has 0 spiro atoms. The SMILES string of the molecule is CO[C@H]1CC2CC[C@@H](C)[C@](O)(CC(=O)C(=O)N3CCCC[C@H]3CO[C@H]([C@H](C)C[C@@H]3CC[C@@H](O)[C@H](OC)C3)CC(=O)[C@H](C)/C=C(\C)[C@@H](O)[C@@H](OC)C[C@H](C)C[C@H](C)/C=C/C=C/C=C1C)O2. The zero-order valence-electron chi connectivity index (χ0n) is 40.9. The lowest BCUT2D eigenvalue weighted by Gasteiger charge is -2.43. The number of Topliss-reactive ketones (excluding diaryl/α,β-unsaturated/α-hetero) is 2. The molecule has 0 aromatic heterocycles. The third-order valence-corrected chi connectivity index (χ3v) is 14.9. The molecule has 1 amide bonds. The summed E-state index contributed by atoms with van der Waals surface area (Å²) in [6.07, 6.45) is 17.2. The van der Waals surface area contributed by atoms with Crippen molar-refractivity contribution in [2.45, 2.75) is 193 Å². The van der Waals surface area contributed by atoms with Crippen molar-refractivity contribution in [2.24, 2.45) is 35.5 Å². The van der Waals surface area contributed by atoms with Crippen LogP contribution in [0.4, 0.5) is 0 Å².